The van der Waals surface area contributed by atoms with Crippen LogP contribution in [0.3, 0.4) is 0 Å². The van der Waals surface area contributed by atoms with Crippen molar-refractivity contribution in [2.45, 2.75) is 40.7 Å². The maximum absolute atomic E-state index is 11.3. The highest BCUT2D eigenvalue weighted by molar-refractivity contribution is 5.80. The minimum Gasteiger partial charge on any atom is -0.357 e. The summed E-state index contributed by atoms with van der Waals surface area (Å²) in [5.41, 5.74) is 0. The molecule has 1 aliphatic rings. The zero-order valence-electron chi connectivity index (χ0n) is 14.9. The molecule has 1 rings (SSSR count). The van der Waals surface area contributed by atoms with Gasteiger partial charge in [-0.15, -0.1) is 0 Å². The molecule has 1 unspecified atom stereocenters. The van der Waals surface area contributed by atoms with Crippen molar-refractivity contribution in [3.63, 3.8) is 0 Å². The fourth-order valence-corrected chi connectivity index (χ4v) is 2.29. The molecule has 0 aliphatic carbocycles. The fourth-order valence-electron chi connectivity index (χ4n) is 2.29. The number of guanidine groups is 1. The van der Waals surface area contributed by atoms with Crippen molar-refractivity contribution in [1.82, 2.24) is 20.4 Å². The Hall–Kier alpha value is -1.30. The Morgan fingerprint density at radius 3 is 2.32 bits per heavy atom. The molecule has 0 aromatic heterocycles. The standard InChI is InChI=1S/C16H33N5O/c1-6-17-16(19-14(4)13(2)3)18-7-8-20-9-11-21(12-10-20)15(5)22/h13-14H,6-12H2,1-5H3,(H2,17,18,19). The largest absolute Gasteiger partial charge is 0.357 e. The highest BCUT2D eigenvalue weighted by Crippen LogP contribution is 2.02. The van der Waals surface area contributed by atoms with Crippen LogP contribution in [0.15, 0.2) is 4.99 Å². The van der Waals surface area contributed by atoms with Crippen LogP contribution in [-0.2, 0) is 4.79 Å². The molecule has 1 amide bonds. The Morgan fingerprint density at radius 1 is 1.18 bits per heavy atom. The summed E-state index contributed by atoms with van der Waals surface area (Å²) in [7, 11) is 0. The van der Waals surface area contributed by atoms with Gasteiger partial charge in [-0.2, -0.15) is 0 Å². The second kappa shape index (κ2) is 9.66. The molecular weight excluding hydrogens is 278 g/mol. The Morgan fingerprint density at radius 2 is 1.82 bits per heavy atom. The molecule has 0 saturated carbocycles. The van der Waals surface area contributed by atoms with E-state index >= 15 is 0 Å². The quantitative estimate of drug-likeness (QED) is 0.561. The van der Waals surface area contributed by atoms with Gasteiger partial charge in [0.1, 0.15) is 0 Å². The molecule has 1 atom stereocenters. The molecule has 0 aromatic rings. The van der Waals surface area contributed by atoms with E-state index in [9.17, 15) is 4.79 Å². The first-order chi connectivity index (χ1) is 10.4. The highest BCUT2D eigenvalue weighted by atomic mass is 16.2. The molecule has 128 valence electrons. The number of rotatable bonds is 6. The summed E-state index contributed by atoms with van der Waals surface area (Å²) in [6, 6.07) is 0.400. The number of piperazine rings is 1. The third-order valence-corrected chi connectivity index (χ3v) is 4.21. The van der Waals surface area contributed by atoms with Gasteiger partial charge < -0.3 is 15.5 Å². The second-order valence-corrected chi connectivity index (χ2v) is 6.29. The third-order valence-electron chi connectivity index (χ3n) is 4.21. The van der Waals surface area contributed by atoms with Crippen LogP contribution >= 0.6 is 0 Å². The molecule has 0 aromatic carbocycles. The molecule has 1 aliphatic heterocycles. The van der Waals surface area contributed by atoms with Gasteiger partial charge in [-0.25, -0.2) is 0 Å². The van der Waals surface area contributed by atoms with Crippen molar-refractivity contribution in [1.29, 1.82) is 0 Å². The summed E-state index contributed by atoms with van der Waals surface area (Å²) in [6.45, 7) is 16.5. The monoisotopic (exact) mass is 311 g/mol. The first-order valence-electron chi connectivity index (χ1n) is 8.46. The summed E-state index contributed by atoms with van der Waals surface area (Å²) < 4.78 is 0. The zero-order valence-corrected chi connectivity index (χ0v) is 14.9. The van der Waals surface area contributed by atoms with Crippen LogP contribution in [0.25, 0.3) is 0 Å². The van der Waals surface area contributed by atoms with Crippen molar-refractivity contribution in [3.8, 4) is 0 Å². The first-order valence-corrected chi connectivity index (χ1v) is 8.46. The number of hydrogen-bond acceptors (Lipinski definition) is 3. The number of hydrogen-bond donors (Lipinski definition) is 2. The third kappa shape index (κ3) is 6.64. The minimum atomic E-state index is 0.180. The second-order valence-electron chi connectivity index (χ2n) is 6.29. The Kier molecular flexibility index (Phi) is 8.24. The number of carbonyl (C=O) groups is 1. The van der Waals surface area contributed by atoms with Crippen LogP contribution in [0.1, 0.15) is 34.6 Å². The van der Waals surface area contributed by atoms with E-state index < -0.39 is 0 Å². The van der Waals surface area contributed by atoms with Gasteiger partial charge >= 0.3 is 0 Å². The van der Waals surface area contributed by atoms with Gasteiger partial charge in [-0.3, -0.25) is 14.7 Å². The lowest BCUT2D eigenvalue weighted by Gasteiger charge is -2.33. The highest BCUT2D eigenvalue weighted by Gasteiger charge is 2.17. The lowest BCUT2D eigenvalue weighted by atomic mass is 10.1. The Bertz CT molecular complexity index is 362. The van der Waals surface area contributed by atoms with E-state index in [1.807, 2.05) is 4.90 Å². The van der Waals surface area contributed by atoms with Gasteiger partial charge in [-0.05, 0) is 19.8 Å². The van der Waals surface area contributed by atoms with Crippen molar-refractivity contribution in [3.05, 3.63) is 0 Å². The average Bonchev–Trinajstić information content (AvgIpc) is 2.47. The van der Waals surface area contributed by atoms with Gasteiger partial charge in [0.15, 0.2) is 5.96 Å². The van der Waals surface area contributed by atoms with Gasteiger partial charge in [0, 0.05) is 52.2 Å². The SMILES string of the molecule is CCNC(=NCCN1CCN(C(C)=O)CC1)NC(C)C(C)C. The number of nitrogens with zero attached hydrogens (tertiary/aromatic N) is 3. The van der Waals surface area contributed by atoms with Crippen molar-refractivity contribution in [2.24, 2.45) is 10.9 Å². The van der Waals surface area contributed by atoms with Crippen LogP contribution in [0.4, 0.5) is 0 Å². The summed E-state index contributed by atoms with van der Waals surface area (Å²) in [6.07, 6.45) is 0. The predicted molar refractivity (Wildman–Crippen MR) is 92.1 cm³/mol. The minimum absolute atomic E-state index is 0.180. The van der Waals surface area contributed by atoms with E-state index in [-0.39, 0.29) is 5.91 Å². The molecule has 6 nitrogen and oxygen atoms in total. The molecule has 0 spiro atoms. The van der Waals surface area contributed by atoms with E-state index in [2.05, 4.69) is 48.2 Å². The smallest absolute Gasteiger partial charge is 0.219 e. The van der Waals surface area contributed by atoms with Gasteiger partial charge in [0.25, 0.3) is 0 Å². The van der Waals surface area contributed by atoms with Crippen molar-refractivity contribution >= 4 is 11.9 Å². The topological polar surface area (TPSA) is 60.0 Å². The lowest BCUT2D eigenvalue weighted by Crippen LogP contribution is -2.49. The van der Waals surface area contributed by atoms with Crippen LogP contribution in [0.2, 0.25) is 0 Å². The van der Waals surface area contributed by atoms with E-state index in [4.69, 9.17) is 0 Å². The molecule has 0 bridgehead atoms. The van der Waals surface area contributed by atoms with Crippen LogP contribution < -0.4 is 10.6 Å². The summed E-state index contributed by atoms with van der Waals surface area (Å²) in [4.78, 5) is 20.2. The van der Waals surface area contributed by atoms with Gasteiger partial charge in [0.2, 0.25) is 5.91 Å². The Labute approximate surface area is 135 Å². The first kappa shape index (κ1) is 18.7. The fraction of sp³-hybridized carbons (Fsp3) is 0.875. The molecule has 1 heterocycles. The molecule has 22 heavy (non-hydrogen) atoms. The van der Waals surface area contributed by atoms with E-state index in [1.165, 1.54) is 0 Å². The molecule has 1 saturated heterocycles. The summed E-state index contributed by atoms with van der Waals surface area (Å²) in [5.74, 6) is 1.65. The number of amides is 1. The number of aliphatic imine (C=N–C) groups is 1. The number of carbonyl (C=O) groups excluding carboxylic acids is 1. The van der Waals surface area contributed by atoms with E-state index in [0.717, 1.165) is 51.8 Å². The molecule has 0 radical (unpaired) electrons. The van der Waals surface area contributed by atoms with Crippen LogP contribution in [-0.4, -0.2) is 73.5 Å². The summed E-state index contributed by atoms with van der Waals surface area (Å²) in [5, 5.41) is 6.74. The average molecular weight is 311 g/mol. The normalized spacial score (nSPS) is 18.5. The maximum Gasteiger partial charge on any atom is 0.219 e. The van der Waals surface area contributed by atoms with Crippen LogP contribution in [0, 0.1) is 5.92 Å². The molecule has 2 N–H and O–H groups in total. The molecule has 6 heteroatoms. The number of nitrogens with one attached hydrogen (secondary N) is 2. The molecular formula is C16H33N5O. The van der Waals surface area contributed by atoms with Crippen molar-refractivity contribution in [2.75, 3.05) is 45.8 Å². The maximum atomic E-state index is 11.3. The van der Waals surface area contributed by atoms with E-state index in [0.29, 0.717) is 12.0 Å². The van der Waals surface area contributed by atoms with E-state index in [1.54, 1.807) is 6.92 Å². The zero-order chi connectivity index (χ0) is 16.5. The van der Waals surface area contributed by atoms with Gasteiger partial charge in [-0.1, -0.05) is 13.8 Å². The Balaban J connectivity index is 2.36. The van der Waals surface area contributed by atoms with Crippen molar-refractivity contribution < 1.29 is 4.79 Å². The van der Waals surface area contributed by atoms with Crippen LogP contribution in [0.5, 0.6) is 0 Å². The lowest BCUT2D eigenvalue weighted by molar-refractivity contribution is -0.130. The summed E-state index contributed by atoms with van der Waals surface area (Å²) >= 11 is 0. The van der Waals surface area contributed by atoms with Gasteiger partial charge in [0.05, 0.1) is 6.54 Å². The predicted octanol–water partition coefficient (Wildman–Crippen LogP) is 0.750. The molecule has 1 fully saturated rings.